The van der Waals surface area contributed by atoms with Crippen LogP contribution < -0.4 is 0 Å². The van der Waals surface area contributed by atoms with E-state index in [1.807, 2.05) is 0 Å². The molecule has 0 heterocycles. The van der Waals surface area contributed by atoms with Gasteiger partial charge in [0, 0.05) is 0 Å². The predicted molar refractivity (Wildman–Crippen MR) is 68.5 cm³/mol. The zero-order valence-corrected chi connectivity index (χ0v) is 10.6. The summed E-state index contributed by atoms with van der Waals surface area (Å²) in [5.74, 6) is 0.755. The molecule has 0 unspecified atom stereocenters. The third-order valence-corrected chi connectivity index (χ3v) is 3.42. The highest BCUT2D eigenvalue weighted by Crippen LogP contribution is 2.27. The number of aryl methyl sites for hydroxylation is 2. The van der Waals surface area contributed by atoms with E-state index in [4.69, 9.17) is 0 Å². The maximum absolute atomic E-state index is 2.40. The summed E-state index contributed by atoms with van der Waals surface area (Å²) < 4.78 is 0. The second kappa shape index (κ2) is 5.95. The van der Waals surface area contributed by atoms with E-state index < -0.39 is 0 Å². The minimum absolute atomic E-state index is 0.755. The summed E-state index contributed by atoms with van der Waals surface area (Å²) in [6, 6.07) is 7.05. The van der Waals surface area contributed by atoms with Crippen LogP contribution in [0, 0.1) is 0 Å². The van der Waals surface area contributed by atoms with E-state index in [9.17, 15) is 0 Å². The van der Waals surface area contributed by atoms with E-state index in [0.29, 0.717) is 0 Å². The molecule has 0 spiro atoms. The predicted octanol–water partition coefficient (Wildman–Crippen LogP) is 4.72. The van der Waals surface area contributed by atoms with Crippen LogP contribution in [0.15, 0.2) is 18.2 Å². The fraction of sp³-hybridized carbons (Fsp3) is 0.600. The number of rotatable bonds is 5. The maximum atomic E-state index is 2.40. The van der Waals surface area contributed by atoms with E-state index in [2.05, 4.69) is 45.9 Å². The van der Waals surface area contributed by atoms with E-state index in [1.165, 1.54) is 24.8 Å². The zero-order chi connectivity index (χ0) is 11.3. The zero-order valence-electron chi connectivity index (χ0n) is 10.6. The van der Waals surface area contributed by atoms with Crippen LogP contribution in [-0.2, 0) is 12.8 Å². The van der Waals surface area contributed by atoms with Gasteiger partial charge in [0.2, 0.25) is 0 Å². The molecule has 0 saturated carbocycles. The molecule has 0 bridgehead atoms. The van der Waals surface area contributed by atoms with Crippen molar-refractivity contribution in [1.29, 1.82) is 0 Å². The Bertz CT molecular complexity index is 295. The molecule has 1 aromatic rings. The SMILES string of the molecule is CCc1ccc(C(CC)CC)c(CC)c1. The first-order valence-electron chi connectivity index (χ1n) is 6.38. The molecule has 0 N–H and O–H groups in total. The molecular formula is C15H24. The molecular weight excluding hydrogens is 180 g/mol. The fourth-order valence-electron chi connectivity index (χ4n) is 2.31. The highest BCUT2D eigenvalue weighted by Gasteiger charge is 2.10. The number of hydrogen-bond acceptors (Lipinski definition) is 0. The number of benzene rings is 1. The highest BCUT2D eigenvalue weighted by molar-refractivity contribution is 5.34. The van der Waals surface area contributed by atoms with Crippen molar-refractivity contribution in [2.45, 2.75) is 59.3 Å². The van der Waals surface area contributed by atoms with Crippen LogP contribution in [0.4, 0.5) is 0 Å². The molecule has 0 aliphatic carbocycles. The molecule has 0 saturated heterocycles. The third-order valence-electron chi connectivity index (χ3n) is 3.42. The molecule has 1 aromatic carbocycles. The summed E-state index contributed by atoms with van der Waals surface area (Å²) in [6.07, 6.45) is 4.83. The van der Waals surface area contributed by atoms with E-state index in [0.717, 1.165) is 12.3 Å². The summed E-state index contributed by atoms with van der Waals surface area (Å²) in [6.45, 7) is 9.08. The van der Waals surface area contributed by atoms with Gasteiger partial charge in [0.25, 0.3) is 0 Å². The smallest absolute Gasteiger partial charge is 0.0164 e. The minimum atomic E-state index is 0.755. The van der Waals surface area contributed by atoms with Crippen molar-refractivity contribution in [2.24, 2.45) is 0 Å². The average molecular weight is 204 g/mol. The lowest BCUT2D eigenvalue weighted by Gasteiger charge is -2.17. The lowest BCUT2D eigenvalue weighted by molar-refractivity contribution is 0.635. The van der Waals surface area contributed by atoms with Gasteiger partial charge in [-0.1, -0.05) is 45.9 Å². The van der Waals surface area contributed by atoms with Crippen LogP contribution >= 0.6 is 0 Å². The summed E-state index contributed by atoms with van der Waals surface area (Å²) >= 11 is 0. The van der Waals surface area contributed by atoms with Gasteiger partial charge in [0.05, 0.1) is 0 Å². The van der Waals surface area contributed by atoms with Crippen molar-refractivity contribution in [2.75, 3.05) is 0 Å². The van der Waals surface area contributed by atoms with Crippen molar-refractivity contribution in [3.05, 3.63) is 34.9 Å². The quantitative estimate of drug-likeness (QED) is 0.651. The van der Waals surface area contributed by atoms with Gasteiger partial charge in [0.15, 0.2) is 0 Å². The third kappa shape index (κ3) is 2.84. The summed E-state index contributed by atoms with van der Waals surface area (Å²) in [7, 11) is 0. The standard InChI is InChI=1S/C15H24/c1-5-12-9-10-15(13(6-2)7-3)14(8-4)11-12/h9-11,13H,5-8H2,1-4H3. The highest BCUT2D eigenvalue weighted by atomic mass is 14.2. The van der Waals surface area contributed by atoms with Crippen molar-refractivity contribution < 1.29 is 0 Å². The first kappa shape index (κ1) is 12.3. The van der Waals surface area contributed by atoms with Crippen LogP contribution in [0.3, 0.4) is 0 Å². The van der Waals surface area contributed by atoms with Crippen molar-refractivity contribution >= 4 is 0 Å². The fourth-order valence-corrected chi connectivity index (χ4v) is 2.31. The molecule has 0 nitrogen and oxygen atoms in total. The van der Waals surface area contributed by atoms with Gasteiger partial charge in [-0.2, -0.15) is 0 Å². The molecule has 0 heteroatoms. The lowest BCUT2D eigenvalue weighted by Crippen LogP contribution is -2.01. The Hall–Kier alpha value is -0.780. The molecule has 0 fully saturated rings. The summed E-state index contributed by atoms with van der Waals surface area (Å²) in [5.41, 5.74) is 4.62. The average Bonchev–Trinajstić information content (AvgIpc) is 2.31. The Morgan fingerprint density at radius 3 is 2.07 bits per heavy atom. The number of hydrogen-bond donors (Lipinski definition) is 0. The second-order valence-corrected chi connectivity index (χ2v) is 4.25. The largest absolute Gasteiger partial charge is 0.0648 e. The van der Waals surface area contributed by atoms with Gasteiger partial charge >= 0.3 is 0 Å². The molecule has 1 rings (SSSR count). The second-order valence-electron chi connectivity index (χ2n) is 4.25. The van der Waals surface area contributed by atoms with Crippen molar-refractivity contribution in [3.63, 3.8) is 0 Å². The molecule has 0 amide bonds. The van der Waals surface area contributed by atoms with E-state index in [-0.39, 0.29) is 0 Å². The molecule has 0 aliphatic heterocycles. The van der Waals surface area contributed by atoms with E-state index >= 15 is 0 Å². The van der Waals surface area contributed by atoms with Gasteiger partial charge in [-0.15, -0.1) is 0 Å². The van der Waals surface area contributed by atoms with Crippen LogP contribution in [-0.4, -0.2) is 0 Å². The lowest BCUT2D eigenvalue weighted by atomic mass is 9.88. The Labute approximate surface area is 94.7 Å². The van der Waals surface area contributed by atoms with Gasteiger partial charge in [0.1, 0.15) is 0 Å². The van der Waals surface area contributed by atoms with Gasteiger partial charge in [-0.25, -0.2) is 0 Å². The Morgan fingerprint density at radius 1 is 0.933 bits per heavy atom. The van der Waals surface area contributed by atoms with E-state index in [1.54, 1.807) is 11.1 Å². The summed E-state index contributed by atoms with van der Waals surface area (Å²) in [5, 5.41) is 0. The van der Waals surface area contributed by atoms with Crippen molar-refractivity contribution in [3.8, 4) is 0 Å². The van der Waals surface area contributed by atoms with Crippen LogP contribution in [0.25, 0.3) is 0 Å². The summed E-state index contributed by atoms with van der Waals surface area (Å²) in [4.78, 5) is 0. The molecule has 0 aliphatic rings. The minimum Gasteiger partial charge on any atom is -0.0648 e. The Kier molecular flexibility index (Phi) is 4.87. The monoisotopic (exact) mass is 204 g/mol. The van der Waals surface area contributed by atoms with Gasteiger partial charge in [-0.3, -0.25) is 0 Å². The first-order valence-corrected chi connectivity index (χ1v) is 6.38. The molecule has 0 radical (unpaired) electrons. The van der Waals surface area contributed by atoms with Gasteiger partial charge < -0.3 is 0 Å². The molecule has 15 heavy (non-hydrogen) atoms. The van der Waals surface area contributed by atoms with Crippen LogP contribution in [0.1, 0.15) is 63.1 Å². The maximum Gasteiger partial charge on any atom is -0.0164 e. The van der Waals surface area contributed by atoms with Crippen LogP contribution in [0.2, 0.25) is 0 Å². The van der Waals surface area contributed by atoms with Crippen LogP contribution in [0.5, 0.6) is 0 Å². The van der Waals surface area contributed by atoms with Crippen molar-refractivity contribution in [1.82, 2.24) is 0 Å². The molecule has 0 atom stereocenters. The topological polar surface area (TPSA) is 0 Å². The van der Waals surface area contributed by atoms with Gasteiger partial charge in [-0.05, 0) is 48.3 Å². The Morgan fingerprint density at radius 2 is 1.60 bits per heavy atom. The normalized spacial score (nSPS) is 11.0. The molecule has 84 valence electrons. The first-order chi connectivity index (χ1) is 7.26. The Balaban J connectivity index is 3.06. The molecule has 0 aromatic heterocycles.